The number of aliphatic hydroxyl groups is 1. The highest BCUT2D eigenvalue weighted by Gasteiger charge is 2.36. The fourth-order valence-corrected chi connectivity index (χ4v) is 1.17. The van der Waals surface area contributed by atoms with Crippen LogP contribution in [0.3, 0.4) is 0 Å². The fourth-order valence-electron chi connectivity index (χ4n) is 0.705. The van der Waals surface area contributed by atoms with Gasteiger partial charge in [-0.15, -0.1) is 0 Å². The Hall–Kier alpha value is -0.480. The van der Waals surface area contributed by atoms with Crippen LogP contribution in [-0.2, 0) is 10.1 Å². The summed E-state index contributed by atoms with van der Waals surface area (Å²) in [4.78, 5) is -0.178. The predicted octanol–water partition coefficient (Wildman–Crippen LogP) is 2.52. The lowest BCUT2D eigenvalue weighted by molar-refractivity contribution is 0.170. The van der Waals surface area contributed by atoms with E-state index in [1.165, 1.54) is 12.1 Å². The van der Waals surface area contributed by atoms with E-state index in [2.05, 4.69) is 20.0 Å². The maximum absolute atomic E-state index is 10.4. The topological polar surface area (TPSA) is 77.4 Å². The molecule has 1 aromatic carbocycles. The first-order chi connectivity index (χ1) is 8.25. The van der Waals surface area contributed by atoms with Crippen molar-refractivity contribution in [2.24, 2.45) is 0 Å². The summed E-state index contributed by atoms with van der Waals surface area (Å²) >= 11 is 0. The smallest absolute Gasteiger partial charge is 0.167 e. The van der Waals surface area contributed by atoms with Gasteiger partial charge in [-0.25, -0.2) is 8.42 Å². The van der Waals surface area contributed by atoms with Crippen LogP contribution < -0.4 is 0 Å². The molecular weight excluding hydrogens is 283 g/mol. The summed E-state index contributed by atoms with van der Waals surface area (Å²) < 4.78 is 31.2. The standard InChI is InChI=1S/C7H8O3S.C6H16OP/c1-6-2-4-7(5-3-6)11(8,9)10;1-6(2,7)8(3,4)5/h2-5H,1H3,(H,8,9,10);7H,1-5H3/q;+1/p-1. The number of hydrogen-bond acceptors (Lipinski definition) is 4. The Labute approximate surface area is 116 Å². The summed E-state index contributed by atoms with van der Waals surface area (Å²) in [6.45, 7) is 12.0. The van der Waals surface area contributed by atoms with Gasteiger partial charge in [0.15, 0.2) is 5.34 Å². The quantitative estimate of drug-likeness (QED) is 0.673. The Morgan fingerprint density at radius 2 is 1.42 bits per heavy atom. The SMILES string of the molecule is CC(C)(O)[P+](C)(C)C.Cc1ccc(S(=O)(=O)[O-])cc1. The molecule has 0 aliphatic carbocycles. The van der Waals surface area contributed by atoms with Gasteiger partial charge < -0.3 is 9.66 Å². The van der Waals surface area contributed by atoms with E-state index in [1.807, 2.05) is 20.8 Å². The molecule has 4 nitrogen and oxygen atoms in total. The van der Waals surface area contributed by atoms with Crippen molar-refractivity contribution >= 4 is 17.4 Å². The summed E-state index contributed by atoms with van der Waals surface area (Å²) in [5, 5.41) is 8.95. The lowest BCUT2D eigenvalue weighted by atomic mass is 10.2. The molecule has 0 aliphatic heterocycles. The van der Waals surface area contributed by atoms with Crippen molar-refractivity contribution in [1.82, 2.24) is 0 Å². The van der Waals surface area contributed by atoms with Crippen LogP contribution >= 0.6 is 7.26 Å². The van der Waals surface area contributed by atoms with E-state index in [0.29, 0.717) is 0 Å². The predicted molar refractivity (Wildman–Crippen MR) is 80.1 cm³/mol. The lowest BCUT2D eigenvalue weighted by Crippen LogP contribution is -2.21. The summed E-state index contributed by atoms with van der Waals surface area (Å²) in [5.41, 5.74) is 0.928. The molecule has 0 spiro atoms. The van der Waals surface area contributed by atoms with Crippen molar-refractivity contribution < 1.29 is 18.1 Å². The number of rotatable bonds is 2. The monoisotopic (exact) mass is 306 g/mol. The number of aryl methyl sites for hydroxylation is 1. The van der Waals surface area contributed by atoms with Crippen LogP contribution in [0.5, 0.6) is 0 Å². The van der Waals surface area contributed by atoms with Crippen molar-refractivity contribution in [3.05, 3.63) is 29.8 Å². The van der Waals surface area contributed by atoms with Gasteiger partial charge in [-0.05, 0) is 32.9 Å². The Kier molecular flexibility index (Phi) is 6.15. The van der Waals surface area contributed by atoms with Gasteiger partial charge in [0.05, 0.1) is 24.9 Å². The summed E-state index contributed by atoms with van der Waals surface area (Å²) in [6, 6.07) is 5.78. The highest BCUT2D eigenvalue weighted by atomic mass is 32.2. The maximum atomic E-state index is 10.4. The minimum Gasteiger partial charge on any atom is -0.744 e. The van der Waals surface area contributed by atoms with Crippen molar-refractivity contribution in [1.29, 1.82) is 0 Å². The Balaban J connectivity index is 0.000000362. The second kappa shape index (κ2) is 6.31. The Morgan fingerprint density at radius 3 is 1.63 bits per heavy atom. The Bertz CT molecular complexity index is 481. The van der Waals surface area contributed by atoms with Gasteiger partial charge in [-0.3, -0.25) is 0 Å². The molecule has 19 heavy (non-hydrogen) atoms. The zero-order chi connectivity index (χ0) is 15.5. The van der Waals surface area contributed by atoms with Gasteiger partial charge in [0, 0.05) is 7.26 Å². The summed E-state index contributed by atoms with van der Waals surface area (Å²) in [6.07, 6.45) is 0. The van der Waals surface area contributed by atoms with Crippen LogP contribution in [0, 0.1) is 6.92 Å². The number of benzene rings is 1. The molecule has 6 heteroatoms. The van der Waals surface area contributed by atoms with E-state index in [-0.39, 0.29) is 4.90 Å². The van der Waals surface area contributed by atoms with Gasteiger partial charge in [0.1, 0.15) is 10.1 Å². The highest BCUT2D eigenvalue weighted by Crippen LogP contribution is 2.57. The van der Waals surface area contributed by atoms with Gasteiger partial charge in [-0.2, -0.15) is 0 Å². The van der Waals surface area contributed by atoms with Crippen LogP contribution in [0.1, 0.15) is 19.4 Å². The van der Waals surface area contributed by atoms with Gasteiger partial charge in [-0.1, -0.05) is 17.7 Å². The second-order valence-corrected chi connectivity index (χ2v) is 12.3. The molecule has 0 aliphatic rings. The molecule has 0 fully saturated rings. The van der Waals surface area contributed by atoms with Crippen LogP contribution in [0.2, 0.25) is 0 Å². The third-order valence-corrected chi connectivity index (χ3v) is 7.08. The second-order valence-electron chi connectivity index (χ2n) is 5.77. The average Bonchev–Trinajstić information content (AvgIpc) is 2.14. The van der Waals surface area contributed by atoms with E-state index in [0.717, 1.165) is 5.56 Å². The van der Waals surface area contributed by atoms with Gasteiger partial charge in [0.2, 0.25) is 0 Å². The lowest BCUT2D eigenvalue weighted by Gasteiger charge is -2.25. The zero-order valence-electron chi connectivity index (χ0n) is 12.3. The summed E-state index contributed by atoms with van der Waals surface area (Å²) in [5.74, 6) is 0. The molecule has 0 aromatic heterocycles. The minimum atomic E-state index is -4.27. The van der Waals surface area contributed by atoms with Crippen LogP contribution in [0.15, 0.2) is 29.2 Å². The fraction of sp³-hybridized carbons (Fsp3) is 0.538. The first-order valence-corrected chi connectivity index (χ1v) is 10.4. The summed E-state index contributed by atoms with van der Waals surface area (Å²) in [7, 11) is -5.31. The van der Waals surface area contributed by atoms with Crippen molar-refractivity contribution in [3.63, 3.8) is 0 Å². The molecule has 1 rings (SSSR count). The molecular formula is C13H23O4PS. The molecule has 1 aromatic rings. The highest BCUT2D eigenvalue weighted by molar-refractivity contribution is 7.85. The first kappa shape index (κ1) is 18.5. The van der Waals surface area contributed by atoms with Crippen molar-refractivity contribution in [2.75, 3.05) is 20.0 Å². The molecule has 0 radical (unpaired) electrons. The molecule has 0 heterocycles. The zero-order valence-corrected chi connectivity index (χ0v) is 14.0. The molecule has 0 saturated carbocycles. The van der Waals surface area contributed by atoms with E-state index >= 15 is 0 Å². The van der Waals surface area contributed by atoms with E-state index in [1.54, 1.807) is 12.1 Å². The van der Waals surface area contributed by atoms with E-state index in [9.17, 15) is 18.1 Å². The molecule has 0 bridgehead atoms. The largest absolute Gasteiger partial charge is 0.744 e. The van der Waals surface area contributed by atoms with E-state index in [4.69, 9.17) is 0 Å². The van der Waals surface area contributed by atoms with Crippen molar-refractivity contribution in [2.45, 2.75) is 31.0 Å². The van der Waals surface area contributed by atoms with Crippen LogP contribution in [-0.4, -0.2) is 43.4 Å². The number of hydrogen-bond donors (Lipinski definition) is 1. The normalized spacial score (nSPS) is 12.6. The van der Waals surface area contributed by atoms with Crippen molar-refractivity contribution in [3.8, 4) is 0 Å². The van der Waals surface area contributed by atoms with Crippen LogP contribution in [0.4, 0.5) is 0 Å². The third kappa shape index (κ3) is 7.02. The van der Waals surface area contributed by atoms with Gasteiger partial charge in [0.25, 0.3) is 0 Å². The molecule has 0 amide bonds. The Morgan fingerprint density at radius 1 is 1.11 bits per heavy atom. The molecule has 110 valence electrons. The van der Waals surface area contributed by atoms with Crippen LogP contribution in [0.25, 0.3) is 0 Å². The molecule has 0 saturated heterocycles. The minimum absolute atomic E-state index is 0.178. The third-order valence-electron chi connectivity index (χ3n) is 2.95. The van der Waals surface area contributed by atoms with E-state index < -0.39 is 22.7 Å². The average molecular weight is 306 g/mol. The van der Waals surface area contributed by atoms with Gasteiger partial charge >= 0.3 is 0 Å². The first-order valence-electron chi connectivity index (χ1n) is 5.81. The molecule has 1 N–H and O–H groups in total. The molecule has 0 atom stereocenters. The maximum Gasteiger partial charge on any atom is 0.167 e. The molecule has 0 unspecified atom stereocenters.